The first kappa shape index (κ1) is 10.8. The van der Waals surface area contributed by atoms with Crippen molar-refractivity contribution >= 4 is 33.5 Å². The number of carbonyl (C=O) groups is 2. The minimum Gasteiger partial charge on any atom is -0.481 e. The predicted octanol–water partition coefficient (Wildman–Crippen LogP) is 2.05. The van der Waals surface area contributed by atoms with Crippen molar-refractivity contribution in [1.29, 1.82) is 0 Å². The Morgan fingerprint density at radius 1 is 1.59 bits per heavy atom. The van der Waals surface area contributed by atoms with Gasteiger partial charge in [-0.05, 0) is 25.0 Å². The highest BCUT2D eigenvalue weighted by atomic mass is 79.9. The second kappa shape index (κ2) is 3.10. The average molecular weight is 296 g/mol. The van der Waals surface area contributed by atoms with Gasteiger partial charge in [-0.15, -0.1) is 0 Å². The monoisotopic (exact) mass is 295 g/mol. The Bertz CT molecular complexity index is 569. The lowest BCUT2D eigenvalue weighted by atomic mass is 9.93. The number of fused-ring (bicyclic) bond motifs is 2. The van der Waals surface area contributed by atoms with Crippen LogP contribution in [0, 0.1) is 12.8 Å². The number of hydrogen-bond acceptors (Lipinski definition) is 2. The number of carboxylic acids is 1. The molecule has 0 saturated heterocycles. The Labute approximate surface area is 106 Å². The number of benzene rings is 1. The van der Waals surface area contributed by atoms with Gasteiger partial charge in [0.1, 0.15) is 0 Å². The SMILES string of the molecule is Cc1ccc2c(c1Br)C1(CC1C(=O)O)C(=O)N2. The first-order valence-corrected chi connectivity index (χ1v) is 6.11. The maximum atomic E-state index is 12.0. The van der Waals surface area contributed by atoms with E-state index >= 15 is 0 Å². The Morgan fingerprint density at radius 2 is 2.29 bits per heavy atom. The number of aryl methyl sites for hydroxylation is 1. The summed E-state index contributed by atoms with van der Waals surface area (Å²) in [5, 5.41) is 11.9. The number of nitrogens with one attached hydrogen (secondary N) is 1. The summed E-state index contributed by atoms with van der Waals surface area (Å²) in [5.74, 6) is -1.69. The van der Waals surface area contributed by atoms with Crippen molar-refractivity contribution in [3.63, 3.8) is 0 Å². The third-order valence-corrected chi connectivity index (χ3v) is 4.72. The van der Waals surface area contributed by atoms with Gasteiger partial charge in [0.05, 0.1) is 11.3 Å². The van der Waals surface area contributed by atoms with E-state index in [1.54, 1.807) is 0 Å². The molecule has 0 radical (unpaired) electrons. The molecule has 5 heteroatoms. The van der Waals surface area contributed by atoms with E-state index in [0.717, 1.165) is 21.3 Å². The minimum atomic E-state index is -0.901. The van der Waals surface area contributed by atoms with Gasteiger partial charge in [0, 0.05) is 15.7 Å². The first-order chi connectivity index (χ1) is 7.98. The van der Waals surface area contributed by atoms with Crippen LogP contribution in [0.2, 0.25) is 0 Å². The second-order valence-electron chi connectivity index (χ2n) is 4.64. The van der Waals surface area contributed by atoms with E-state index in [0.29, 0.717) is 6.42 Å². The summed E-state index contributed by atoms with van der Waals surface area (Å²) in [6.45, 7) is 1.93. The third kappa shape index (κ3) is 1.17. The summed E-state index contributed by atoms with van der Waals surface area (Å²) in [5.41, 5.74) is 1.72. The highest BCUT2D eigenvalue weighted by Crippen LogP contribution is 2.62. The van der Waals surface area contributed by atoms with Crippen LogP contribution < -0.4 is 5.32 Å². The van der Waals surface area contributed by atoms with Crippen LogP contribution >= 0.6 is 15.9 Å². The van der Waals surface area contributed by atoms with E-state index in [2.05, 4.69) is 21.2 Å². The van der Waals surface area contributed by atoms with Crippen LogP contribution in [0.4, 0.5) is 5.69 Å². The van der Waals surface area contributed by atoms with Crippen LogP contribution in [0.3, 0.4) is 0 Å². The molecule has 17 heavy (non-hydrogen) atoms. The molecular weight excluding hydrogens is 286 g/mol. The van der Waals surface area contributed by atoms with E-state index in [4.69, 9.17) is 5.11 Å². The summed E-state index contributed by atoms with van der Waals surface area (Å²) in [4.78, 5) is 23.1. The topological polar surface area (TPSA) is 66.4 Å². The van der Waals surface area contributed by atoms with Crippen molar-refractivity contribution in [2.45, 2.75) is 18.8 Å². The molecule has 1 saturated carbocycles. The van der Waals surface area contributed by atoms with Gasteiger partial charge in [0.25, 0.3) is 0 Å². The molecule has 2 atom stereocenters. The summed E-state index contributed by atoms with van der Waals surface area (Å²) in [6.07, 6.45) is 0.392. The largest absolute Gasteiger partial charge is 0.481 e. The van der Waals surface area contributed by atoms with Crippen molar-refractivity contribution in [2.75, 3.05) is 5.32 Å². The zero-order valence-electron chi connectivity index (χ0n) is 9.08. The molecule has 1 amide bonds. The lowest BCUT2D eigenvalue weighted by Gasteiger charge is -2.10. The summed E-state index contributed by atoms with van der Waals surface area (Å²) in [7, 11) is 0. The molecule has 1 aliphatic carbocycles. The number of aliphatic carboxylic acids is 1. The molecule has 1 aromatic carbocycles. The van der Waals surface area contributed by atoms with Crippen molar-refractivity contribution in [3.8, 4) is 0 Å². The third-order valence-electron chi connectivity index (χ3n) is 3.69. The Morgan fingerprint density at radius 3 is 2.88 bits per heavy atom. The zero-order valence-corrected chi connectivity index (χ0v) is 10.7. The number of carbonyl (C=O) groups excluding carboxylic acids is 1. The molecule has 2 N–H and O–H groups in total. The van der Waals surface area contributed by atoms with E-state index in [9.17, 15) is 9.59 Å². The van der Waals surface area contributed by atoms with E-state index in [1.165, 1.54) is 0 Å². The van der Waals surface area contributed by atoms with E-state index < -0.39 is 17.3 Å². The van der Waals surface area contributed by atoms with Crippen LogP contribution in [0.15, 0.2) is 16.6 Å². The fourth-order valence-corrected chi connectivity index (χ4v) is 3.36. The van der Waals surface area contributed by atoms with Gasteiger partial charge in [0.15, 0.2) is 0 Å². The molecule has 2 unspecified atom stereocenters. The predicted molar refractivity (Wildman–Crippen MR) is 64.9 cm³/mol. The Balaban J connectivity index is 2.21. The highest BCUT2D eigenvalue weighted by molar-refractivity contribution is 9.10. The number of carboxylic acid groups (broad SMARTS) is 1. The van der Waals surface area contributed by atoms with Gasteiger partial charge < -0.3 is 10.4 Å². The molecule has 1 fully saturated rings. The van der Waals surface area contributed by atoms with Crippen molar-refractivity contribution in [1.82, 2.24) is 0 Å². The maximum Gasteiger partial charge on any atom is 0.307 e. The Kier molecular flexibility index (Phi) is 1.96. The highest BCUT2D eigenvalue weighted by Gasteiger charge is 2.68. The fraction of sp³-hybridized carbons (Fsp3) is 0.333. The van der Waals surface area contributed by atoms with Crippen LogP contribution in [-0.4, -0.2) is 17.0 Å². The second-order valence-corrected chi connectivity index (χ2v) is 5.43. The molecule has 4 nitrogen and oxygen atoms in total. The molecule has 1 heterocycles. The Hall–Kier alpha value is -1.36. The van der Waals surface area contributed by atoms with Crippen molar-refractivity contribution < 1.29 is 14.7 Å². The smallest absolute Gasteiger partial charge is 0.307 e. The fourth-order valence-electron chi connectivity index (χ4n) is 2.66. The zero-order chi connectivity index (χ0) is 12.4. The molecule has 0 bridgehead atoms. The molecular formula is C12H10BrNO3. The van der Waals surface area contributed by atoms with Gasteiger partial charge in [0.2, 0.25) is 5.91 Å². The molecule has 88 valence electrons. The van der Waals surface area contributed by atoms with Gasteiger partial charge in [-0.2, -0.15) is 0 Å². The lowest BCUT2D eigenvalue weighted by molar-refractivity contribution is -0.140. The van der Waals surface area contributed by atoms with Gasteiger partial charge in [-0.3, -0.25) is 9.59 Å². The minimum absolute atomic E-state index is 0.189. The van der Waals surface area contributed by atoms with Crippen LogP contribution in [0.25, 0.3) is 0 Å². The van der Waals surface area contributed by atoms with Gasteiger partial charge >= 0.3 is 5.97 Å². The summed E-state index contributed by atoms with van der Waals surface area (Å²) < 4.78 is 0.845. The number of rotatable bonds is 1. The van der Waals surface area contributed by atoms with Gasteiger partial charge in [-0.25, -0.2) is 0 Å². The summed E-state index contributed by atoms with van der Waals surface area (Å²) >= 11 is 3.47. The van der Waals surface area contributed by atoms with Crippen molar-refractivity contribution in [2.24, 2.45) is 5.92 Å². The number of halogens is 1. The lowest BCUT2D eigenvalue weighted by Crippen LogP contribution is -2.24. The maximum absolute atomic E-state index is 12.0. The van der Waals surface area contributed by atoms with E-state index in [-0.39, 0.29) is 5.91 Å². The molecule has 0 aromatic heterocycles. The number of amides is 1. The first-order valence-electron chi connectivity index (χ1n) is 5.32. The number of hydrogen-bond donors (Lipinski definition) is 2. The molecule has 2 aliphatic rings. The standard InChI is InChI=1S/C12H10BrNO3/c1-5-2-3-7-8(9(5)13)12(11(17)14-7)4-6(12)10(15)16/h2-3,6H,4H2,1H3,(H,14,17)(H,15,16). The molecule has 1 spiro atoms. The molecule has 1 aliphatic heterocycles. The van der Waals surface area contributed by atoms with Crippen LogP contribution in [-0.2, 0) is 15.0 Å². The van der Waals surface area contributed by atoms with Crippen LogP contribution in [0.5, 0.6) is 0 Å². The molecule has 3 rings (SSSR count). The molecule has 1 aromatic rings. The van der Waals surface area contributed by atoms with Crippen molar-refractivity contribution in [3.05, 3.63) is 27.7 Å². The normalized spacial score (nSPS) is 29.1. The average Bonchev–Trinajstić information content (AvgIpc) is 2.93. The van der Waals surface area contributed by atoms with E-state index in [1.807, 2.05) is 19.1 Å². The van der Waals surface area contributed by atoms with Gasteiger partial charge in [-0.1, -0.05) is 22.0 Å². The quantitative estimate of drug-likeness (QED) is 0.833. The summed E-state index contributed by atoms with van der Waals surface area (Å²) in [6, 6.07) is 3.74. The van der Waals surface area contributed by atoms with Crippen LogP contribution in [0.1, 0.15) is 17.5 Å². The number of anilines is 1.